The number of hydrogen-bond donors (Lipinski definition) is 1. The van der Waals surface area contributed by atoms with Gasteiger partial charge in [-0.2, -0.15) is 0 Å². The van der Waals surface area contributed by atoms with Crippen molar-refractivity contribution in [1.29, 1.82) is 0 Å². The van der Waals surface area contributed by atoms with Crippen LogP contribution in [0.4, 0.5) is 5.69 Å². The summed E-state index contributed by atoms with van der Waals surface area (Å²) in [6.45, 7) is 5.81. The topological polar surface area (TPSA) is 41.6 Å². The molecular formula is C24H30N2O2S. The predicted octanol–water partition coefficient (Wildman–Crippen LogP) is 5.05. The Hall–Kier alpha value is -1.98. The number of likely N-dealkylation sites (tertiary alicyclic amines) is 1. The van der Waals surface area contributed by atoms with E-state index in [4.69, 9.17) is 4.74 Å². The van der Waals surface area contributed by atoms with Crippen LogP contribution in [-0.4, -0.2) is 36.8 Å². The van der Waals surface area contributed by atoms with Crippen molar-refractivity contribution in [1.82, 2.24) is 4.90 Å². The maximum atomic E-state index is 12.7. The van der Waals surface area contributed by atoms with Crippen molar-refractivity contribution in [3.8, 4) is 5.75 Å². The lowest BCUT2D eigenvalue weighted by Gasteiger charge is -2.32. The number of benzene rings is 2. The fourth-order valence-electron chi connectivity index (χ4n) is 4.45. The van der Waals surface area contributed by atoms with Crippen LogP contribution in [0.2, 0.25) is 0 Å². The van der Waals surface area contributed by atoms with Crippen LogP contribution in [-0.2, 0) is 11.3 Å². The summed E-state index contributed by atoms with van der Waals surface area (Å²) in [4.78, 5) is 16.4. The van der Waals surface area contributed by atoms with Crippen LogP contribution in [0.5, 0.6) is 5.75 Å². The molecular weight excluding hydrogens is 380 g/mol. The molecule has 1 N–H and O–H groups in total. The van der Waals surface area contributed by atoms with Gasteiger partial charge in [0.15, 0.2) is 0 Å². The summed E-state index contributed by atoms with van der Waals surface area (Å²) in [5, 5.41) is 3.12. The fraction of sp³-hybridized carbons (Fsp3) is 0.458. The van der Waals surface area contributed by atoms with E-state index in [9.17, 15) is 4.79 Å². The molecule has 29 heavy (non-hydrogen) atoms. The Labute approximate surface area is 178 Å². The fourth-order valence-corrected chi connectivity index (χ4v) is 4.86. The Bertz CT molecular complexity index is 827. The van der Waals surface area contributed by atoms with E-state index in [1.807, 2.05) is 19.1 Å². The number of ether oxygens (including phenoxy) is 1. The Morgan fingerprint density at radius 2 is 1.83 bits per heavy atom. The van der Waals surface area contributed by atoms with Crippen molar-refractivity contribution in [3.05, 3.63) is 54.1 Å². The highest BCUT2D eigenvalue weighted by Gasteiger charge is 2.58. The zero-order chi connectivity index (χ0) is 20.3. The van der Waals surface area contributed by atoms with Gasteiger partial charge in [-0.3, -0.25) is 9.69 Å². The summed E-state index contributed by atoms with van der Waals surface area (Å²) < 4.78 is 5.52. The quantitative estimate of drug-likeness (QED) is 0.649. The number of nitrogens with zero attached hydrogens (tertiary/aromatic N) is 1. The first-order valence-corrected chi connectivity index (χ1v) is 11.7. The number of amides is 1. The van der Waals surface area contributed by atoms with Gasteiger partial charge in [0.25, 0.3) is 0 Å². The van der Waals surface area contributed by atoms with Crippen molar-refractivity contribution in [2.45, 2.75) is 37.6 Å². The van der Waals surface area contributed by atoms with Gasteiger partial charge in [0.2, 0.25) is 5.91 Å². The van der Waals surface area contributed by atoms with Crippen LogP contribution >= 0.6 is 11.8 Å². The lowest BCUT2D eigenvalue weighted by atomic mass is 9.90. The van der Waals surface area contributed by atoms with E-state index >= 15 is 0 Å². The molecule has 0 aromatic heterocycles. The van der Waals surface area contributed by atoms with Gasteiger partial charge in [-0.25, -0.2) is 0 Å². The number of anilines is 1. The zero-order valence-corrected chi connectivity index (χ0v) is 18.1. The third-order valence-corrected chi connectivity index (χ3v) is 7.10. The smallest absolute Gasteiger partial charge is 0.228 e. The second-order valence-electron chi connectivity index (χ2n) is 8.19. The van der Waals surface area contributed by atoms with Gasteiger partial charge in [0.1, 0.15) is 5.75 Å². The van der Waals surface area contributed by atoms with E-state index in [0.29, 0.717) is 6.61 Å². The molecule has 0 bridgehead atoms. The maximum Gasteiger partial charge on any atom is 0.228 e. The lowest BCUT2D eigenvalue weighted by molar-refractivity contribution is -0.118. The average molecular weight is 411 g/mol. The second-order valence-corrected chi connectivity index (χ2v) is 9.07. The van der Waals surface area contributed by atoms with Gasteiger partial charge < -0.3 is 10.1 Å². The van der Waals surface area contributed by atoms with E-state index in [0.717, 1.165) is 50.3 Å². The highest BCUT2D eigenvalue weighted by atomic mass is 32.2. The Balaban J connectivity index is 1.25. The first-order chi connectivity index (χ1) is 14.1. The van der Waals surface area contributed by atoms with Gasteiger partial charge in [-0.15, -0.1) is 11.8 Å². The molecule has 2 aromatic carbocycles. The van der Waals surface area contributed by atoms with Crippen molar-refractivity contribution in [2.75, 3.05) is 31.3 Å². The molecule has 1 aliphatic carbocycles. The number of carbonyl (C=O) groups is 1. The van der Waals surface area contributed by atoms with Gasteiger partial charge in [-0.1, -0.05) is 12.1 Å². The Morgan fingerprint density at radius 1 is 1.14 bits per heavy atom. The molecule has 1 saturated heterocycles. The summed E-state index contributed by atoms with van der Waals surface area (Å²) in [7, 11) is 0. The van der Waals surface area contributed by atoms with E-state index in [1.54, 1.807) is 11.8 Å². The van der Waals surface area contributed by atoms with E-state index in [2.05, 4.69) is 52.9 Å². The molecule has 1 aliphatic heterocycles. The van der Waals surface area contributed by atoms with E-state index < -0.39 is 0 Å². The number of rotatable bonds is 7. The molecule has 0 radical (unpaired) electrons. The van der Waals surface area contributed by atoms with Gasteiger partial charge in [-0.05, 0) is 92.9 Å². The van der Waals surface area contributed by atoms with Crippen molar-refractivity contribution >= 4 is 23.4 Å². The molecule has 154 valence electrons. The number of hydrogen-bond acceptors (Lipinski definition) is 4. The van der Waals surface area contributed by atoms with E-state index in [1.165, 1.54) is 10.5 Å². The Kier molecular flexibility index (Phi) is 6.16. The highest BCUT2D eigenvalue weighted by Crippen LogP contribution is 2.59. The van der Waals surface area contributed by atoms with Crippen LogP contribution in [0, 0.1) is 11.3 Å². The molecule has 1 heterocycles. The molecule has 2 aromatic rings. The second kappa shape index (κ2) is 8.80. The number of nitrogens with one attached hydrogen (secondary N) is 1. The normalized spacial score (nSPS) is 20.4. The summed E-state index contributed by atoms with van der Waals surface area (Å²) in [5.41, 5.74) is 2.46. The molecule has 1 atom stereocenters. The molecule has 2 fully saturated rings. The third-order valence-electron chi connectivity index (χ3n) is 6.36. The van der Waals surface area contributed by atoms with Crippen molar-refractivity contribution in [2.24, 2.45) is 11.3 Å². The molecule has 4 rings (SSSR count). The van der Waals surface area contributed by atoms with Gasteiger partial charge >= 0.3 is 0 Å². The minimum Gasteiger partial charge on any atom is -0.494 e. The molecule has 4 nitrogen and oxygen atoms in total. The molecule has 5 heteroatoms. The number of piperidine rings is 1. The summed E-state index contributed by atoms with van der Waals surface area (Å²) in [5.74, 6) is 1.31. The molecule has 1 amide bonds. The van der Waals surface area contributed by atoms with Crippen LogP contribution in [0.3, 0.4) is 0 Å². The SMILES string of the molecule is CCOc1ccc(CN2CCC3(CC2)C[C@@H]3C(=O)Nc2ccc(SC)cc2)cc1. The van der Waals surface area contributed by atoms with Crippen LogP contribution < -0.4 is 10.1 Å². The summed E-state index contributed by atoms with van der Waals surface area (Å²) in [6, 6.07) is 16.5. The third kappa shape index (κ3) is 4.78. The van der Waals surface area contributed by atoms with E-state index in [-0.39, 0.29) is 17.2 Å². The van der Waals surface area contributed by atoms with Crippen molar-refractivity contribution < 1.29 is 9.53 Å². The monoisotopic (exact) mass is 410 g/mol. The molecule has 1 saturated carbocycles. The average Bonchev–Trinajstić information content (AvgIpc) is 3.46. The first kappa shape index (κ1) is 20.3. The number of carbonyl (C=O) groups excluding carboxylic acids is 1. The lowest BCUT2D eigenvalue weighted by Crippen LogP contribution is -2.35. The minimum atomic E-state index is 0.176. The summed E-state index contributed by atoms with van der Waals surface area (Å²) >= 11 is 1.71. The Morgan fingerprint density at radius 3 is 2.45 bits per heavy atom. The van der Waals surface area contributed by atoms with Gasteiger partial charge in [0, 0.05) is 23.0 Å². The van der Waals surface area contributed by atoms with Crippen molar-refractivity contribution in [3.63, 3.8) is 0 Å². The molecule has 1 spiro atoms. The molecule has 0 unspecified atom stereocenters. The molecule has 2 aliphatic rings. The van der Waals surface area contributed by atoms with Gasteiger partial charge in [0.05, 0.1) is 6.61 Å². The number of thioether (sulfide) groups is 1. The highest BCUT2D eigenvalue weighted by molar-refractivity contribution is 7.98. The van der Waals surface area contributed by atoms with Crippen LogP contribution in [0.1, 0.15) is 31.7 Å². The first-order valence-electron chi connectivity index (χ1n) is 10.5. The minimum absolute atomic E-state index is 0.176. The largest absolute Gasteiger partial charge is 0.494 e. The summed E-state index contributed by atoms with van der Waals surface area (Å²) in [6.07, 6.45) is 5.34. The standard InChI is InChI=1S/C24H30N2O2S/c1-3-28-20-8-4-18(5-9-20)17-26-14-12-24(13-15-26)16-22(24)23(27)25-19-6-10-21(29-2)11-7-19/h4-11,22H,3,12-17H2,1-2H3,(H,25,27)/t22-/m1/s1. The van der Waals surface area contributed by atoms with Crippen LogP contribution in [0.15, 0.2) is 53.4 Å². The zero-order valence-electron chi connectivity index (χ0n) is 17.3. The van der Waals surface area contributed by atoms with Crippen LogP contribution in [0.25, 0.3) is 0 Å². The maximum absolute atomic E-state index is 12.7. The predicted molar refractivity (Wildman–Crippen MR) is 120 cm³/mol.